The lowest BCUT2D eigenvalue weighted by atomic mass is 10.1. The fourth-order valence-corrected chi connectivity index (χ4v) is 2.68. The Morgan fingerprint density at radius 2 is 1.77 bits per heavy atom. The van der Waals surface area contributed by atoms with E-state index in [2.05, 4.69) is 5.32 Å². The first-order chi connectivity index (χ1) is 10.7. The molecule has 1 amide bonds. The van der Waals surface area contributed by atoms with Crippen LogP contribution in [-0.2, 0) is 4.79 Å². The van der Waals surface area contributed by atoms with Crippen LogP contribution in [0.5, 0.6) is 11.5 Å². The highest BCUT2D eigenvalue weighted by atomic mass is 16.5. The number of nitrogens with one attached hydrogen (secondary N) is 1. The van der Waals surface area contributed by atoms with Gasteiger partial charge < -0.3 is 14.8 Å². The van der Waals surface area contributed by atoms with Crippen LogP contribution in [0.25, 0.3) is 0 Å². The highest BCUT2D eigenvalue weighted by Gasteiger charge is 2.44. The molecule has 1 N–H and O–H groups in total. The Bertz CT molecular complexity index is 666. The SMILES string of the molecule is COc1ccc(C2CC2C(=O)Nc2ccccc2OC)cc1. The van der Waals surface area contributed by atoms with Crippen molar-refractivity contribution in [3.63, 3.8) is 0 Å². The Balaban J connectivity index is 1.65. The van der Waals surface area contributed by atoms with Crippen molar-refractivity contribution >= 4 is 11.6 Å². The summed E-state index contributed by atoms with van der Waals surface area (Å²) in [5.41, 5.74) is 1.90. The molecule has 2 aromatic rings. The fourth-order valence-electron chi connectivity index (χ4n) is 2.68. The summed E-state index contributed by atoms with van der Waals surface area (Å²) in [6.07, 6.45) is 0.882. The summed E-state index contributed by atoms with van der Waals surface area (Å²) in [6, 6.07) is 15.4. The van der Waals surface area contributed by atoms with Crippen LogP contribution in [0.1, 0.15) is 17.9 Å². The van der Waals surface area contributed by atoms with Gasteiger partial charge in [0.25, 0.3) is 0 Å². The highest BCUT2D eigenvalue weighted by Crippen LogP contribution is 2.48. The molecule has 114 valence electrons. The number of carbonyl (C=O) groups excluding carboxylic acids is 1. The van der Waals surface area contributed by atoms with E-state index in [1.54, 1.807) is 14.2 Å². The number of benzene rings is 2. The Morgan fingerprint density at radius 3 is 2.45 bits per heavy atom. The Morgan fingerprint density at radius 1 is 1.05 bits per heavy atom. The molecule has 4 heteroatoms. The average molecular weight is 297 g/mol. The summed E-state index contributed by atoms with van der Waals surface area (Å²) in [5, 5.41) is 2.96. The van der Waals surface area contributed by atoms with Gasteiger partial charge >= 0.3 is 0 Å². The van der Waals surface area contributed by atoms with Crippen molar-refractivity contribution in [2.45, 2.75) is 12.3 Å². The van der Waals surface area contributed by atoms with Crippen LogP contribution in [-0.4, -0.2) is 20.1 Å². The minimum absolute atomic E-state index is 0.0262. The normalized spacial score (nSPS) is 19.4. The van der Waals surface area contributed by atoms with Crippen LogP contribution in [0, 0.1) is 5.92 Å². The monoisotopic (exact) mass is 297 g/mol. The first-order valence-corrected chi connectivity index (χ1v) is 7.30. The van der Waals surface area contributed by atoms with Gasteiger partial charge in [0.05, 0.1) is 19.9 Å². The van der Waals surface area contributed by atoms with E-state index in [1.165, 1.54) is 5.56 Å². The van der Waals surface area contributed by atoms with Gasteiger partial charge in [0, 0.05) is 5.92 Å². The molecule has 0 heterocycles. The number of anilines is 1. The zero-order valence-electron chi connectivity index (χ0n) is 12.7. The molecule has 0 aliphatic heterocycles. The number of hydrogen-bond donors (Lipinski definition) is 1. The number of carbonyl (C=O) groups is 1. The van der Waals surface area contributed by atoms with Crippen molar-refractivity contribution in [1.29, 1.82) is 0 Å². The zero-order chi connectivity index (χ0) is 15.5. The number of methoxy groups -OCH3 is 2. The van der Waals surface area contributed by atoms with Gasteiger partial charge in [-0.1, -0.05) is 24.3 Å². The summed E-state index contributed by atoms with van der Waals surface area (Å²) in [7, 11) is 3.25. The summed E-state index contributed by atoms with van der Waals surface area (Å²) < 4.78 is 10.4. The van der Waals surface area contributed by atoms with E-state index in [4.69, 9.17) is 9.47 Å². The van der Waals surface area contributed by atoms with Gasteiger partial charge in [0.2, 0.25) is 5.91 Å². The van der Waals surface area contributed by atoms with Crippen molar-refractivity contribution in [3.05, 3.63) is 54.1 Å². The van der Waals surface area contributed by atoms with Gasteiger partial charge in [-0.05, 0) is 42.2 Å². The van der Waals surface area contributed by atoms with E-state index < -0.39 is 0 Å². The molecule has 4 nitrogen and oxygen atoms in total. The van der Waals surface area contributed by atoms with E-state index >= 15 is 0 Å². The first kappa shape index (κ1) is 14.4. The topological polar surface area (TPSA) is 47.6 Å². The van der Waals surface area contributed by atoms with Gasteiger partial charge in [0.1, 0.15) is 11.5 Å². The maximum absolute atomic E-state index is 12.4. The van der Waals surface area contributed by atoms with Crippen molar-refractivity contribution in [1.82, 2.24) is 0 Å². The van der Waals surface area contributed by atoms with Crippen molar-refractivity contribution in [3.8, 4) is 11.5 Å². The molecular formula is C18H19NO3. The average Bonchev–Trinajstić information content (AvgIpc) is 3.36. The minimum Gasteiger partial charge on any atom is -0.497 e. The first-order valence-electron chi connectivity index (χ1n) is 7.30. The van der Waals surface area contributed by atoms with Crippen molar-refractivity contribution < 1.29 is 14.3 Å². The standard InChI is InChI=1S/C18H19NO3/c1-21-13-9-7-12(8-10-13)14-11-15(14)18(20)19-16-5-3-4-6-17(16)22-2/h3-10,14-15H,11H2,1-2H3,(H,19,20). The van der Waals surface area contributed by atoms with E-state index in [0.717, 1.165) is 17.9 Å². The van der Waals surface area contributed by atoms with E-state index in [9.17, 15) is 4.79 Å². The van der Waals surface area contributed by atoms with E-state index in [1.807, 2.05) is 48.5 Å². The number of amides is 1. The summed E-state index contributed by atoms with van der Waals surface area (Å²) in [4.78, 5) is 12.4. The van der Waals surface area contributed by atoms with Crippen LogP contribution in [0.15, 0.2) is 48.5 Å². The second-order valence-electron chi connectivity index (χ2n) is 5.41. The maximum Gasteiger partial charge on any atom is 0.228 e. The molecule has 0 aromatic heterocycles. The smallest absolute Gasteiger partial charge is 0.228 e. The third-order valence-electron chi connectivity index (χ3n) is 4.04. The van der Waals surface area contributed by atoms with Crippen LogP contribution in [0.2, 0.25) is 0 Å². The predicted octanol–water partition coefficient (Wildman–Crippen LogP) is 3.45. The third-order valence-corrected chi connectivity index (χ3v) is 4.04. The summed E-state index contributed by atoms with van der Waals surface area (Å²) >= 11 is 0. The lowest BCUT2D eigenvalue weighted by Crippen LogP contribution is -2.15. The van der Waals surface area contributed by atoms with E-state index in [-0.39, 0.29) is 11.8 Å². The second kappa shape index (κ2) is 6.10. The quantitative estimate of drug-likeness (QED) is 0.919. The van der Waals surface area contributed by atoms with Gasteiger partial charge in [-0.2, -0.15) is 0 Å². The molecule has 1 aliphatic rings. The largest absolute Gasteiger partial charge is 0.497 e. The number of rotatable bonds is 5. The molecule has 1 aliphatic carbocycles. The second-order valence-corrected chi connectivity index (χ2v) is 5.41. The number of para-hydroxylation sites is 2. The molecule has 1 fully saturated rings. The summed E-state index contributed by atoms with van der Waals surface area (Å²) in [5.74, 6) is 1.88. The van der Waals surface area contributed by atoms with Gasteiger partial charge in [0.15, 0.2) is 0 Å². The lowest BCUT2D eigenvalue weighted by molar-refractivity contribution is -0.117. The molecule has 1 saturated carbocycles. The molecule has 3 rings (SSSR count). The van der Waals surface area contributed by atoms with Crippen LogP contribution < -0.4 is 14.8 Å². The Hall–Kier alpha value is -2.49. The van der Waals surface area contributed by atoms with Crippen LogP contribution in [0.3, 0.4) is 0 Å². The van der Waals surface area contributed by atoms with Crippen molar-refractivity contribution in [2.75, 3.05) is 19.5 Å². The molecule has 0 saturated heterocycles. The Kier molecular flexibility index (Phi) is 4.00. The molecule has 0 spiro atoms. The highest BCUT2D eigenvalue weighted by molar-refractivity contribution is 5.96. The molecule has 2 aromatic carbocycles. The summed E-state index contributed by atoms with van der Waals surface area (Å²) in [6.45, 7) is 0. The van der Waals surface area contributed by atoms with Gasteiger partial charge in [-0.25, -0.2) is 0 Å². The van der Waals surface area contributed by atoms with E-state index in [0.29, 0.717) is 11.7 Å². The van der Waals surface area contributed by atoms with Crippen LogP contribution >= 0.6 is 0 Å². The molecule has 2 unspecified atom stereocenters. The zero-order valence-corrected chi connectivity index (χ0v) is 12.7. The minimum atomic E-state index is 0.0262. The predicted molar refractivity (Wildman–Crippen MR) is 85.5 cm³/mol. The molecule has 22 heavy (non-hydrogen) atoms. The van der Waals surface area contributed by atoms with Gasteiger partial charge in [-0.15, -0.1) is 0 Å². The van der Waals surface area contributed by atoms with Gasteiger partial charge in [-0.3, -0.25) is 4.79 Å². The lowest BCUT2D eigenvalue weighted by Gasteiger charge is -2.09. The van der Waals surface area contributed by atoms with Crippen LogP contribution in [0.4, 0.5) is 5.69 Å². The molecular weight excluding hydrogens is 278 g/mol. The fraction of sp³-hybridized carbons (Fsp3) is 0.278. The molecule has 0 bridgehead atoms. The number of ether oxygens (including phenoxy) is 2. The van der Waals surface area contributed by atoms with Crippen molar-refractivity contribution in [2.24, 2.45) is 5.92 Å². The third kappa shape index (κ3) is 2.91. The maximum atomic E-state index is 12.4. The molecule has 0 radical (unpaired) electrons. The molecule has 2 atom stereocenters. The Labute approximate surface area is 130 Å². The number of hydrogen-bond acceptors (Lipinski definition) is 3.